The van der Waals surface area contributed by atoms with E-state index in [1.54, 1.807) is 6.92 Å². The highest BCUT2D eigenvalue weighted by Crippen LogP contribution is 2.33. The third kappa shape index (κ3) is 5.00. The Morgan fingerprint density at radius 2 is 2.00 bits per heavy atom. The normalized spacial score (nSPS) is 12.9. The molecule has 4 nitrogen and oxygen atoms in total. The summed E-state index contributed by atoms with van der Waals surface area (Å²) >= 11 is 3.48. The molecular formula is C16H24BrNO3. The molecule has 0 radical (unpaired) electrons. The molecule has 0 spiro atoms. The number of hydrogen-bond acceptors (Lipinski definition) is 4. The lowest BCUT2D eigenvalue weighted by atomic mass is 9.84. The fraction of sp³-hybridized carbons (Fsp3) is 0.562. The van der Waals surface area contributed by atoms with Crippen LogP contribution < -0.4 is 10.5 Å². The van der Waals surface area contributed by atoms with E-state index in [1.165, 1.54) is 0 Å². The number of carbonyl (C=O) groups excluding carboxylic acids is 1. The van der Waals surface area contributed by atoms with Crippen LogP contribution in [0.5, 0.6) is 5.75 Å². The Balaban J connectivity index is 2.82. The minimum atomic E-state index is -0.611. The van der Waals surface area contributed by atoms with Crippen molar-refractivity contribution in [1.29, 1.82) is 0 Å². The average molecular weight is 358 g/mol. The Kier molecular flexibility index (Phi) is 6.68. The maximum atomic E-state index is 11.9. The van der Waals surface area contributed by atoms with Crippen LogP contribution in [0.1, 0.15) is 45.7 Å². The molecule has 0 aliphatic rings. The summed E-state index contributed by atoms with van der Waals surface area (Å²) in [5.74, 6) is 0.573. The molecule has 0 aromatic heterocycles. The molecule has 0 aliphatic heterocycles. The molecule has 1 atom stereocenters. The number of hydrogen-bond donors (Lipinski definition) is 1. The number of esters is 1. The van der Waals surface area contributed by atoms with E-state index in [1.807, 2.05) is 39.0 Å². The van der Waals surface area contributed by atoms with E-state index in [0.29, 0.717) is 19.6 Å². The lowest BCUT2D eigenvalue weighted by molar-refractivity contribution is -0.154. The van der Waals surface area contributed by atoms with Crippen molar-refractivity contribution in [2.45, 2.75) is 40.2 Å². The SMILES string of the molecule is CCOC(=O)C(C)(C)CC(N)c1ccc(OCC)c(Br)c1. The second-order valence-electron chi connectivity index (χ2n) is 5.54. The summed E-state index contributed by atoms with van der Waals surface area (Å²) in [6.07, 6.45) is 0.520. The maximum Gasteiger partial charge on any atom is 0.311 e. The van der Waals surface area contributed by atoms with E-state index in [0.717, 1.165) is 15.8 Å². The summed E-state index contributed by atoms with van der Waals surface area (Å²) in [5, 5.41) is 0. The average Bonchev–Trinajstić information content (AvgIpc) is 2.41. The highest BCUT2D eigenvalue weighted by atomic mass is 79.9. The Labute approximate surface area is 135 Å². The predicted octanol–water partition coefficient (Wildman–Crippen LogP) is 3.83. The first kappa shape index (κ1) is 18.0. The fourth-order valence-corrected chi connectivity index (χ4v) is 2.61. The van der Waals surface area contributed by atoms with E-state index in [9.17, 15) is 4.79 Å². The van der Waals surface area contributed by atoms with Crippen molar-refractivity contribution < 1.29 is 14.3 Å². The Morgan fingerprint density at radius 1 is 1.33 bits per heavy atom. The molecule has 1 aromatic rings. The quantitative estimate of drug-likeness (QED) is 0.753. The van der Waals surface area contributed by atoms with E-state index in [4.69, 9.17) is 15.2 Å². The van der Waals surface area contributed by atoms with Crippen LogP contribution in [0.2, 0.25) is 0 Å². The van der Waals surface area contributed by atoms with Crippen LogP contribution in [0.25, 0.3) is 0 Å². The molecule has 5 heteroatoms. The van der Waals surface area contributed by atoms with Gasteiger partial charge in [-0.05, 0) is 67.7 Å². The van der Waals surface area contributed by atoms with E-state index < -0.39 is 5.41 Å². The largest absolute Gasteiger partial charge is 0.493 e. The Hall–Kier alpha value is -1.07. The van der Waals surface area contributed by atoms with Crippen molar-refractivity contribution >= 4 is 21.9 Å². The van der Waals surface area contributed by atoms with Gasteiger partial charge < -0.3 is 15.2 Å². The van der Waals surface area contributed by atoms with Crippen LogP contribution in [0, 0.1) is 5.41 Å². The molecule has 21 heavy (non-hydrogen) atoms. The van der Waals surface area contributed by atoms with Crippen molar-refractivity contribution in [2.24, 2.45) is 11.1 Å². The zero-order valence-electron chi connectivity index (χ0n) is 13.1. The van der Waals surface area contributed by atoms with Crippen molar-refractivity contribution in [1.82, 2.24) is 0 Å². The number of nitrogens with two attached hydrogens (primary N) is 1. The van der Waals surface area contributed by atoms with Crippen molar-refractivity contribution in [2.75, 3.05) is 13.2 Å². The lowest BCUT2D eigenvalue weighted by Crippen LogP contribution is -2.31. The molecule has 0 amide bonds. The smallest absolute Gasteiger partial charge is 0.311 e. The molecule has 0 saturated heterocycles. The summed E-state index contributed by atoms with van der Waals surface area (Å²) in [4.78, 5) is 11.9. The molecule has 0 heterocycles. The van der Waals surface area contributed by atoms with Gasteiger partial charge in [-0.3, -0.25) is 4.79 Å². The standard InChI is InChI=1S/C16H24BrNO3/c1-5-20-14-8-7-11(9-12(14)17)13(18)10-16(3,4)15(19)21-6-2/h7-9,13H,5-6,10,18H2,1-4H3. The minimum absolute atomic E-state index is 0.217. The third-order valence-electron chi connectivity index (χ3n) is 3.24. The van der Waals surface area contributed by atoms with E-state index in [2.05, 4.69) is 15.9 Å². The summed E-state index contributed by atoms with van der Waals surface area (Å²) in [6.45, 7) is 8.44. The molecule has 0 aliphatic carbocycles. The van der Waals surface area contributed by atoms with Crippen LogP contribution >= 0.6 is 15.9 Å². The van der Waals surface area contributed by atoms with Crippen molar-refractivity contribution in [3.8, 4) is 5.75 Å². The van der Waals surface area contributed by atoms with Gasteiger partial charge in [0.25, 0.3) is 0 Å². The van der Waals surface area contributed by atoms with Gasteiger partial charge in [0.1, 0.15) is 5.75 Å². The third-order valence-corrected chi connectivity index (χ3v) is 3.86. The molecule has 0 bridgehead atoms. The number of carbonyl (C=O) groups is 1. The molecule has 0 fully saturated rings. The van der Waals surface area contributed by atoms with Gasteiger partial charge in [-0.15, -0.1) is 0 Å². The zero-order chi connectivity index (χ0) is 16.0. The van der Waals surface area contributed by atoms with Gasteiger partial charge in [-0.2, -0.15) is 0 Å². The highest BCUT2D eigenvalue weighted by molar-refractivity contribution is 9.10. The number of halogens is 1. The van der Waals surface area contributed by atoms with Gasteiger partial charge in [0, 0.05) is 6.04 Å². The van der Waals surface area contributed by atoms with Crippen molar-refractivity contribution in [3.05, 3.63) is 28.2 Å². The summed E-state index contributed by atoms with van der Waals surface area (Å²) < 4.78 is 11.4. The summed E-state index contributed by atoms with van der Waals surface area (Å²) in [5.41, 5.74) is 6.59. The molecule has 1 aromatic carbocycles. The van der Waals surface area contributed by atoms with Crippen LogP contribution in [0.15, 0.2) is 22.7 Å². The van der Waals surface area contributed by atoms with Gasteiger partial charge in [-0.25, -0.2) is 0 Å². The second kappa shape index (κ2) is 7.80. The molecule has 2 N–H and O–H groups in total. The number of ether oxygens (including phenoxy) is 2. The zero-order valence-corrected chi connectivity index (χ0v) is 14.7. The van der Waals surface area contributed by atoms with Crippen LogP contribution in [-0.4, -0.2) is 19.2 Å². The van der Waals surface area contributed by atoms with E-state index in [-0.39, 0.29) is 12.0 Å². The molecule has 118 valence electrons. The van der Waals surface area contributed by atoms with Gasteiger partial charge >= 0.3 is 5.97 Å². The monoisotopic (exact) mass is 357 g/mol. The lowest BCUT2D eigenvalue weighted by Gasteiger charge is -2.26. The highest BCUT2D eigenvalue weighted by Gasteiger charge is 2.31. The minimum Gasteiger partial charge on any atom is -0.493 e. The summed E-state index contributed by atoms with van der Waals surface area (Å²) in [6, 6.07) is 5.52. The summed E-state index contributed by atoms with van der Waals surface area (Å²) in [7, 11) is 0. The Bertz CT molecular complexity index is 488. The number of rotatable bonds is 7. The van der Waals surface area contributed by atoms with Gasteiger partial charge in [0.05, 0.1) is 23.1 Å². The molecule has 0 saturated carbocycles. The topological polar surface area (TPSA) is 61.5 Å². The molecule has 1 rings (SSSR count). The molecular weight excluding hydrogens is 334 g/mol. The first-order valence-electron chi connectivity index (χ1n) is 7.16. The van der Waals surface area contributed by atoms with Crippen LogP contribution in [0.3, 0.4) is 0 Å². The second-order valence-corrected chi connectivity index (χ2v) is 6.39. The van der Waals surface area contributed by atoms with E-state index >= 15 is 0 Å². The predicted molar refractivity (Wildman–Crippen MR) is 87.3 cm³/mol. The fourth-order valence-electron chi connectivity index (χ4n) is 2.10. The van der Waals surface area contributed by atoms with Crippen molar-refractivity contribution in [3.63, 3.8) is 0 Å². The van der Waals surface area contributed by atoms with Gasteiger partial charge in [-0.1, -0.05) is 6.07 Å². The van der Waals surface area contributed by atoms with Gasteiger partial charge in [0.15, 0.2) is 0 Å². The first-order chi connectivity index (χ1) is 9.81. The van der Waals surface area contributed by atoms with Crippen LogP contribution in [0.4, 0.5) is 0 Å². The van der Waals surface area contributed by atoms with Gasteiger partial charge in [0.2, 0.25) is 0 Å². The Morgan fingerprint density at radius 3 is 2.52 bits per heavy atom. The first-order valence-corrected chi connectivity index (χ1v) is 7.96. The van der Waals surface area contributed by atoms with Crippen LogP contribution in [-0.2, 0) is 9.53 Å². The molecule has 1 unspecified atom stereocenters. The number of benzene rings is 1. The maximum absolute atomic E-state index is 11.9.